The van der Waals surface area contributed by atoms with Crippen LogP contribution in [-0.4, -0.2) is 0 Å². The van der Waals surface area contributed by atoms with E-state index < -0.39 is 0 Å². The summed E-state index contributed by atoms with van der Waals surface area (Å²) in [5.74, 6) is 0. The standard InChI is InChI=1S/C44H20I4/c45-31-17-27-25-15-7-13-23(21-9-3-1-4-10-21)35(25)29-19-33(47)41-32(46)18-28-26-16-8-14-24(22-11-5-2-6-12-22)36(26)30-20-34(48)42(31)44-37(27)39(29)43(41)38(28)40(30)44/h1-20H. The van der Waals surface area contributed by atoms with Gasteiger partial charge in [0.05, 0.1) is 0 Å². The van der Waals surface area contributed by atoms with Crippen LogP contribution in [0.3, 0.4) is 0 Å². The van der Waals surface area contributed by atoms with E-state index in [9.17, 15) is 0 Å². The molecule has 11 aromatic carbocycles. The van der Waals surface area contributed by atoms with Crippen LogP contribution in [0.15, 0.2) is 121 Å². The molecule has 0 aliphatic carbocycles. The smallest absolute Gasteiger partial charge is 0.0226 e. The molecular weight excluding hydrogens is 1040 g/mol. The molecule has 0 atom stereocenters. The first-order valence-electron chi connectivity index (χ1n) is 15.9. The lowest BCUT2D eigenvalue weighted by atomic mass is 9.78. The fourth-order valence-corrected chi connectivity index (χ4v) is 13.3. The largest absolute Gasteiger partial charge is 0.0622 e. The molecule has 0 aromatic heterocycles. The van der Waals surface area contributed by atoms with Crippen LogP contribution < -0.4 is 0 Å². The summed E-state index contributed by atoms with van der Waals surface area (Å²) in [5.41, 5.74) is 5.12. The summed E-state index contributed by atoms with van der Waals surface area (Å²) in [6.07, 6.45) is 0. The molecule has 48 heavy (non-hydrogen) atoms. The van der Waals surface area contributed by atoms with Crippen LogP contribution in [0.25, 0.3) is 108 Å². The zero-order valence-electron chi connectivity index (χ0n) is 25.1. The Bertz CT molecular complexity index is 2910. The second-order valence-corrected chi connectivity index (χ2v) is 17.5. The average Bonchev–Trinajstić information content (AvgIpc) is 3.11. The van der Waals surface area contributed by atoms with Crippen molar-refractivity contribution in [1.82, 2.24) is 0 Å². The molecule has 0 saturated heterocycles. The summed E-state index contributed by atoms with van der Waals surface area (Å²) in [6, 6.07) is 45.6. The number of hydrogen-bond acceptors (Lipinski definition) is 0. The van der Waals surface area contributed by atoms with E-state index in [1.54, 1.807) is 0 Å². The Morgan fingerprint density at radius 1 is 0.250 bits per heavy atom. The van der Waals surface area contributed by atoms with Crippen molar-refractivity contribution >= 4 is 177 Å². The van der Waals surface area contributed by atoms with Crippen molar-refractivity contribution in [2.75, 3.05) is 0 Å². The fourth-order valence-electron chi connectivity index (χ4n) is 8.79. The predicted molar refractivity (Wildman–Crippen MR) is 242 cm³/mol. The fraction of sp³-hybridized carbons (Fsp3) is 0. The van der Waals surface area contributed by atoms with E-state index in [1.807, 2.05) is 0 Å². The summed E-state index contributed by atoms with van der Waals surface area (Å²) in [4.78, 5) is 0. The maximum Gasteiger partial charge on any atom is 0.0226 e. The number of benzene rings is 11. The Hall–Kier alpha value is -2.80. The first kappa shape index (κ1) is 29.0. The molecule has 0 spiro atoms. The van der Waals surface area contributed by atoms with Gasteiger partial charge in [-0.2, -0.15) is 0 Å². The summed E-state index contributed by atoms with van der Waals surface area (Å²) >= 11 is 10.4. The van der Waals surface area contributed by atoms with E-state index in [0.29, 0.717) is 0 Å². The van der Waals surface area contributed by atoms with Gasteiger partial charge >= 0.3 is 0 Å². The molecule has 11 rings (SSSR count). The quantitative estimate of drug-likeness (QED) is 0.0919. The molecule has 0 N–H and O–H groups in total. The molecule has 224 valence electrons. The zero-order chi connectivity index (χ0) is 32.0. The van der Waals surface area contributed by atoms with Gasteiger partial charge in [-0.1, -0.05) is 97.1 Å². The van der Waals surface area contributed by atoms with E-state index in [0.717, 1.165) is 0 Å². The van der Waals surface area contributed by atoms with Crippen molar-refractivity contribution in [3.8, 4) is 22.3 Å². The molecule has 0 aliphatic heterocycles. The normalized spacial score (nSPS) is 12.6. The van der Waals surface area contributed by atoms with E-state index >= 15 is 0 Å². The molecular formula is C44H20I4. The third-order valence-corrected chi connectivity index (χ3v) is 13.9. The van der Waals surface area contributed by atoms with Crippen molar-refractivity contribution in [2.24, 2.45) is 0 Å². The second kappa shape index (κ2) is 10.4. The maximum atomic E-state index is 2.61. The molecule has 4 heteroatoms. The Morgan fingerprint density at radius 2 is 0.604 bits per heavy atom. The first-order chi connectivity index (χ1) is 23.5. The van der Waals surface area contributed by atoms with Crippen molar-refractivity contribution in [2.45, 2.75) is 0 Å². The van der Waals surface area contributed by atoms with Crippen LogP contribution in [-0.2, 0) is 0 Å². The maximum absolute atomic E-state index is 2.61. The van der Waals surface area contributed by atoms with Crippen molar-refractivity contribution in [1.29, 1.82) is 0 Å². The Morgan fingerprint density at radius 3 is 1.00 bits per heavy atom. The minimum absolute atomic E-state index is 1.26. The highest BCUT2D eigenvalue weighted by Crippen LogP contribution is 2.56. The molecule has 0 heterocycles. The van der Waals surface area contributed by atoms with Crippen LogP contribution in [0.5, 0.6) is 0 Å². The van der Waals surface area contributed by atoms with Crippen LogP contribution in [0, 0.1) is 14.3 Å². The predicted octanol–water partition coefficient (Wildman–Crippen LogP) is 15.0. The van der Waals surface area contributed by atoms with Gasteiger partial charge in [-0.3, -0.25) is 0 Å². The average molecular weight is 1060 g/mol. The van der Waals surface area contributed by atoms with Gasteiger partial charge < -0.3 is 0 Å². The third-order valence-electron chi connectivity index (χ3n) is 10.5. The topological polar surface area (TPSA) is 0 Å². The summed E-state index contributed by atoms with van der Waals surface area (Å²) in [7, 11) is 0. The van der Waals surface area contributed by atoms with Gasteiger partial charge in [-0.15, -0.1) is 0 Å². The van der Waals surface area contributed by atoms with Crippen LogP contribution in [0.1, 0.15) is 0 Å². The van der Waals surface area contributed by atoms with Crippen LogP contribution >= 0.6 is 90.4 Å². The van der Waals surface area contributed by atoms with Crippen molar-refractivity contribution < 1.29 is 0 Å². The zero-order valence-corrected chi connectivity index (χ0v) is 33.7. The number of hydrogen-bond donors (Lipinski definition) is 0. The molecule has 0 nitrogen and oxygen atoms in total. The van der Waals surface area contributed by atoms with E-state index in [2.05, 4.69) is 212 Å². The van der Waals surface area contributed by atoms with Gasteiger partial charge in [0.15, 0.2) is 0 Å². The van der Waals surface area contributed by atoms with E-state index in [1.165, 1.54) is 123 Å². The minimum Gasteiger partial charge on any atom is -0.0622 e. The van der Waals surface area contributed by atoms with E-state index in [-0.39, 0.29) is 0 Å². The molecule has 0 amide bonds. The monoisotopic (exact) mass is 1060 g/mol. The molecule has 0 unspecified atom stereocenters. The Kier molecular flexibility index (Phi) is 6.26. The van der Waals surface area contributed by atoms with Crippen molar-refractivity contribution in [3.63, 3.8) is 0 Å². The van der Waals surface area contributed by atoms with Gasteiger partial charge in [-0.25, -0.2) is 0 Å². The third kappa shape index (κ3) is 3.65. The molecule has 0 bridgehead atoms. The summed E-state index contributed by atoms with van der Waals surface area (Å²) in [5, 5.41) is 22.0. The number of fused-ring (bicyclic) bond motifs is 6. The minimum atomic E-state index is 1.26. The molecule has 0 saturated carbocycles. The highest BCUT2D eigenvalue weighted by atomic mass is 127. The van der Waals surface area contributed by atoms with Crippen LogP contribution in [0.4, 0.5) is 0 Å². The lowest BCUT2D eigenvalue weighted by Gasteiger charge is -2.26. The van der Waals surface area contributed by atoms with Gasteiger partial charge in [0.25, 0.3) is 0 Å². The highest BCUT2D eigenvalue weighted by Gasteiger charge is 2.29. The summed E-state index contributed by atoms with van der Waals surface area (Å²) in [6.45, 7) is 0. The molecule has 0 radical (unpaired) electrons. The molecule has 0 aliphatic rings. The van der Waals surface area contributed by atoms with Crippen LogP contribution in [0.2, 0.25) is 0 Å². The lowest BCUT2D eigenvalue weighted by molar-refractivity contribution is 1.66. The number of halogens is 4. The van der Waals surface area contributed by atoms with Crippen molar-refractivity contribution in [3.05, 3.63) is 136 Å². The van der Waals surface area contributed by atoms with Gasteiger partial charge in [0, 0.05) is 35.8 Å². The first-order valence-corrected chi connectivity index (χ1v) is 20.2. The van der Waals surface area contributed by atoms with Gasteiger partial charge in [-0.05, 0) is 202 Å². The van der Waals surface area contributed by atoms with E-state index in [4.69, 9.17) is 0 Å². The SMILES string of the molecule is Ic1cc2c3cccc(-c4ccccc4)c3c3cc(I)c4c(I)cc5c6cccc(-c7ccccc7)c6c6cc(I)c1c1c2c3c4c5c61. The Labute approximate surface area is 330 Å². The van der Waals surface area contributed by atoms with Gasteiger partial charge in [0.1, 0.15) is 0 Å². The summed E-state index contributed by atoms with van der Waals surface area (Å²) < 4.78 is 5.25. The molecule has 0 fully saturated rings. The Balaban J connectivity index is 1.53. The number of rotatable bonds is 2. The molecule has 11 aromatic rings. The highest BCUT2D eigenvalue weighted by molar-refractivity contribution is 14.1. The van der Waals surface area contributed by atoms with Gasteiger partial charge in [0.2, 0.25) is 0 Å². The second-order valence-electron chi connectivity index (χ2n) is 12.8. The lowest BCUT2D eigenvalue weighted by Crippen LogP contribution is -2.00.